The Labute approximate surface area is 130 Å². The van der Waals surface area contributed by atoms with Gasteiger partial charge < -0.3 is 20.2 Å². The van der Waals surface area contributed by atoms with Crippen LogP contribution in [0, 0.1) is 5.92 Å². The molecule has 2 amide bonds. The Morgan fingerprint density at radius 1 is 1.27 bits per heavy atom. The molecule has 0 spiro atoms. The van der Waals surface area contributed by atoms with Crippen LogP contribution < -0.4 is 10.6 Å². The minimum Gasteiger partial charge on any atom is -0.459 e. The number of aliphatic hydroxyl groups excluding tert-OH is 1. The van der Waals surface area contributed by atoms with E-state index in [1.807, 2.05) is 13.8 Å². The fourth-order valence-electron chi connectivity index (χ4n) is 2.67. The summed E-state index contributed by atoms with van der Waals surface area (Å²) in [5.41, 5.74) is 0. The monoisotopic (exact) mass is 308 g/mol. The average Bonchev–Trinajstić information content (AvgIpc) is 3.00. The lowest BCUT2D eigenvalue weighted by Crippen LogP contribution is -2.52. The maximum absolute atomic E-state index is 12.4. The number of aliphatic hydroxyl groups is 1. The molecule has 1 heterocycles. The van der Waals surface area contributed by atoms with Gasteiger partial charge in [-0.15, -0.1) is 0 Å². The van der Waals surface area contributed by atoms with Crippen LogP contribution in [-0.4, -0.2) is 35.1 Å². The largest absolute Gasteiger partial charge is 0.459 e. The van der Waals surface area contributed by atoms with Gasteiger partial charge in [0.15, 0.2) is 5.76 Å². The van der Waals surface area contributed by atoms with Gasteiger partial charge in [0.1, 0.15) is 6.04 Å². The Balaban J connectivity index is 1.92. The highest BCUT2D eigenvalue weighted by atomic mass is 16.3. The summed E-state index contributed by atoms with van der Waals surface area (Å²) in [7, 11) is 0. The zero-order chi connectivity index (χ0) is 16.1. The van der Waals surface area contributed by atoms with E-state index in [1.165, 1.54) is 6.26 Å². The quantitative estimate of drug-likeness (QED) is 0.768. The number of carbonyl (C=O) groups excluding carboxylic acids is 2. The molecular weight excluding hydrogens is 284 g/mol. The van der Waals surface area contributed by atoms with Gasteiger partial charge in [0.25, 0.3) is 5.91 Å². The van der Waals surface area contributed by atoms with Gasteiger partial charge in [-0.25, -0.2) is 0 Å². The molecule has 0 saturated heterocycles. The molecule has 0 bridgehead atoms. The molecule has 1 aliphatic carbocycles. The predicted octanol–water partition coefficient (Wildman–Crippen LogP) is 1.45. The second kappa shape index (κ2) is 7.45. The van der Waals surface area contributed by atoms with E-state index in [2.05, 4.69) is 10.6 Å². The van der Waals surface area contributed by atoms with Crippen molar-refractivity contribution in [2.45, 2.75) is 57.7 Å². The molecule has 1 fully saturated rings. The van der Waals surface area contributed by atoms with Crippen molar-refractivity contribution in [1.29, 1.82) is 0 Å². The molecular formula is C16H24N2O4. The molecule has 22 heavy (non-hydrogen) atoms. The molecule has 2 rings (SSSR count). The normalized spacial score (nSPS) is 23.1. The highest BCUT2D eigenvalue weighted by Crippen LogP contribution is 2.18. The first-order valence-corrected chi connectivity index (χ1v) is 7.80. The van der Waals surface area contributed by atoms with Crippen molar-refractivity contribution >= 4 is 11.8 Å². The third-order valence-corrected chi connectivity index (χ3v) is 4.02. The summed E-state index contributed by atoms with van der Waals surface area (Å²) in [6, 6.07) is 2.65. The molecule has 1 aliphatic rings. The molecule has 122 valence electrons. The predicted molar refractivity (Wildman–Crippen MR) is 81.2 cm³/mol. The second-order valence-electron chi connectivity index (χ2n) is 6.19. The minimum atomic E-state index is -0.607. The van der Waals surface area contributed by atoms with Crippen LogP contribution in [0.25, 0.3) is 0 Å². The van der Waals surface area contributed by atoms with Crippen LogP contribution in [0.5, 0.6) is 0 Å². The van der Waals surface area contributed by atoms with Crippen molar-refractivity contribution in [1.82, 2.24) is 10.6 Å². The first-order valence-electron chi connectivity index (χ1n) is 7.80. The maximum Gasteiger partial charge on any atom is 0.287 e. The number of amides is 2. The molecule has 1 saturated carbocycles. The van der Waals surface area contributed by atoms with Gasteiger partial charge in [0.05, 0.1) is 12.4 Å². The summed E-state index contributed by atoms with van der Waals surface area (Å²) in [4.78, 5) is 24.5. The fraction of sp³-hybridized carbons (Fsp3) is 0.625. The summed E-state index contributed by atoms with van der Waals surface area (Å²) in [5.74, 6) is -0.415. The molecule has 3 N–H and O–H groups in total. The second-order valence-corrected chi connectivity index (χ2v) is 6.19. The highest BCUT2D eigenvalue weighted by Gasteiger charge is 2.28. The van der Waals surface area contributed by atoms with Gasteiger partial charge in [-0.2, -0.15) is 0 Å². The van der Waals surface area contributed by atoms with Crippen molar-refractivity contribution in [2.75, 3.05) is 0 Å². The SMILES string of the molecule is CC(C)C(NC(=O)c1ccco1)C(=O)NC1CCC(O)CC1. The Morgan fingerprint density at radius 3 is 2.50 bits per heavy atom. The van der Waals surface area contributed by atoms with Crippen LogP contribution in [0.4, 0.5) is 0 Å². The van der Waals surface area contributed by atoms with Crippen LogP contribution in [0.2, 0.25) is 0 Å². The van der Waals surface area contributed by atoms with Crippen LogP contribution >= 0.6 is 0 Å². The van der Waals surface area contributed by atoms with E-state index < -0.39 is 11.9 Å². The molecule has 0 aromatic carbocycles. The summed E-state index contributed by atoms with van der Waals surface area (Å²) in [5, 5.41) is 15.2. The molecule has 1 atom stereocenters. The number of furan rings is 1. The molecule has 1 aromatic heterocycles. The summed E-state index contributed by atoms with van der Waals surface area (Å²) in [6.45, 7) is 3.77. The van der Waals surface area contributed by atoms with Crippen LogP contribution in [-0.2, 0) is 4.79 Å². The van der Waals surface area contributed by atoms with Gasteiger partial charge in [-0.1, -0.05) is 13.8 Å². The summed E-state index contributed by atoms with van der Waals surface area (Å²) < 4.78 is 5.05. The van der Waals surface area contributed by atoms with E-state index in [-0.39, 0.29) is 29.7 Å². The lowest BCUT2D eigenvalue weighted by Gasteiger charge is -2.29. The van der Waals surface area contributed by atoms with Gasteiger partial charge >= 0.3 is 0 Å². The van der Waals surface area contributed by atoms with Crippen molar-refractivity contribution in [3.8, 4) is 0 Å². The zero-order valence-electron chi connectivity index (χ0n) is 13.0. The van der Waals surface area contributed by atoms with E-state index in [4.69, 9.17) is 4.42 Å². The minimum absolute atomic E-state index is 0.0342. The van der Waals surface area contributed by atoms with Crippen molar-refractivity contribution in [2.24, 2.45) is 5.92 Å². The third kappa shape index (κ3) is 4.34. The molecule has 6 nitrogen and oxygen atoms in total. The topological polar surface area (TPSA) is 91.6 Å². The van der Waals surface area contributed by atoms with E-state index in [0.29, 0.717) is 12.8 Å². The lowest BCUT2D eigenvalue weighted by atomic mass is 9.92. The molecule has 6 heteroatoms. The average molecular weight is 308 g/mol. The van der Waals surface area contributed by atoms with Crippen LogP contribution in [0.3, 0.4) is 0 Å². The Hall–Kier alpha value is -1.82. The van der Waals surface area contributed by atoms with E-state index in [9.17, 15) is 14.7 Å². The molecule has 1 aromatic rings. The zero-order valence-corrected chi connectivity index (χ0v) is 13.0. The third-order valence-electron chi connectivity index (χ3n) is 4.02. The summed E-state index contributed by atoms with van der Waals surface area (Å²) >= 11 is 0. The Morgan fingerprint density at radius 2 is 1.95 bits per heavy atom. The van der Waals surface area contributed by atoms with E-state index in [0.717, 1.165) is 12.8 Å². The van der Waals surface area contributed by atoms with Crippen molar-refractivity contribution in [3.05, 3.63) is 24.2 Å². The van der Waals surface area contributed by atoms with E-state index in [1.54, 1.807) is 12.1 Å². The number of hydrogen-bond donors (Lipinski definition) is 3. The number of nitrogens with one attached hydrogen (secondary N) is 2. The van der Waals surface area contributed by atoms with Gasteiger partial charge in [-0.3, -0.25) is 9.59 Å². The number of hydrogen-bond acceptors (Lipinski definition) is 4. The van der Waals surface area contributed by atoms with Crippen molar-refractivity contribution < 1.29 is 19.1 Å². The van der Waals surface area contributed by atoms with Crippen LogP contribution in [0.1, 0.15) is 50.1 Å². The van der Waals surface area contributed by atoms with Crippen molar-refractivity contribution in [3.63, 3.8) is 0 Å². The summed E-state index contributed by atoms with van der Waals surface area (Å²) in [6.07, 6.45) is 4.11. The fourth-order valence-corrected chi connectivity index (χ4v) is 2.67. The number of rotatable bonds is 5. The molecule has 1 unspecified atom stereocenters. The maximum atomic E-state index is 12.4. The lowest BCUT2D eigenvalue weighted by molar-refractivity contribution is -0.125. The smallest absolute Gasteiger partial charge is 0.287 e. The van der Waals surface area contributed by atoms with Gasteiger partial charge in [-0.05, 0) is 43.7 Å². The van der Waals surface area contributed by atoms with Crippen LogP contribution in [0.15, 0.2) is 22.8 Å². The Bertz CT molecular complexity index is 490. The number of carbonyl (C=O) groups is 2. The molecule has 0 radical (unpaired) electrons. The first kappa shape index (κ1) is 16.5. The van der Waals surface area contributed by atoms with E-state index >= 15 is 0 Å². The van der Waals surface area contributed by atoms with Gasteiger partial charge in [0.2, 0.25) is 5.91 Å². The Kier molecular flexibility index (Phi) is 5.60. The standard InChI is InChI=1S/C16H24N2O4/c1-10(2)14(18-15(20)13-4-3-9-22-13)16(21)17-11-5-7-12(19)8-6-11/h3-4,9-12,14,19H,5-8H2,1-2H3,(H,17,21)(H,18,20). The highest BCUT2D eigenvalue weighted by molar-refractivity contribution is 5.95. The molecule has 0 aliphatic heterocycles. The first-order chi connectivity index (χ1) is 10.5. The van der Waals surface area contributed by atoms with Gasteiger partial charge in [0, 0.05) is 6.04 Å².